The van der Waals surface area contributed by atoms with Crippen LogP contribution in [0.15, 0.2) is 0 Å². The summed E-state index contributed by atoms with van der Waals surface area (Å²) in [6.07, 6.45) is 0.344. The smallest absolute Gasteiger partial charge is 0.325 e. The van der Waals surface area contributed by atoms with Crippen LogP contribution in [0, 0.1) is 0 Å². The number of hydrogen-bond donors (Lipinski definition) is 3. The lowest BCUT2D eigenvalue weighted by Crippen LogP contribution is -2.47. The van der Waals surface area contributed by atoms with Crippen LogP contribution in [0.25, 0.3) is 0 Å². The van der Waals surface area contributed by atoms with E-state index in [1.165, 1.54) is 0 Å². The fourth-order valence-corrected chi connectivity index (χ4v) is 3.06. The Morgan fingerprint density at radius 2 is 1.21 bits per heavy atom. The molecular weight excluding hydrogens is 518 g/mol. The van der Waals surface area contributed by atoms with Crippen LogP contribution >= 0.6 is 0 Å². The van der Waals surface area contributed by atoms with Crippen LogP contribution in [0.5, 0.6) is 0 Å². The Labute approximate surface area is 227 Å². The highest BCUT2D eigenvalue weighted by molar-refractivity contribution is 5.92. The van der Waals surface area contributed by atoms with E-state index in [2.05, 4.69) is 25.4 Å². The van der Waals surface area contributed by atoms with Crippen molar-refractivity contribution in [1.82, 2.24) is 25.8 Å². The fourth-order valence-electron chi connectivity index (χ4n) is 3.06. The molecule has 0 atom stereocenters. The topological polar surface area (TPSA) is 198 Å². The van der Waals surface area contributed by atoms with Crippen molar-refractivity contribution in [3.63, 3.8) is 0 Å². The molecule has 0 aliphatic heterocycles. The third kappa shape index (κ3) is 16.5. The predicted molar refractivity (Wildman–Crippen MR) is 136 cm³/mol. The van der Waals surface area contributed by atoms with Crippen LogP contribution in [0.3, 0.4) is 0 Å². The maximum atomic E-state index is 12.5. The van der Waals surface area contributed by atoms with Gasteiger partial charge < -0.3 is 35.2 Å². The van der Waals surface area contributed by atoms with E-state index in [1.807, 2.05) is 0 Å². The van der Waals surface area contributed by atoms with E-state index in [0.29, 0.717) is 6.42 Å². The van der Waals surface area contributed by atoms with Gasteiger partial charge in [-0.2, -0.15) is 0 Å². The Kier molecular flexibility index (Phi) is 18.1. The number of esters is 2. The van der Waals surface area contributed by atoms with Crippen LogP contribution in [-0.4, -0.2) is 124 Å². The monoisotopic (exact) mass is 557 g/mol. The lowest BCUT2D eigenvalue weighted by atomic mass is 10.2. The van der Waals surface area contributed by atoms with Gasteiger partial charge >= 0.3 is 11.9 Å². The molecule has 15 heteroatoms. The molecule has 0 bridgehead atoms. The molecule has 0 aromatic heterocycles. The van der Waals surface area contributed by atoms with Gasteiger partial charge in [0.05, 0.1) is 33.9 Å². The van der Waals surface area contributed by atoms with E-state index in [0.717, 1.165) is 24.0 Å². The number of rotatable bonds is 20. The summed E-state index contributed by atoms with van der Waals surface area (Å²) >= 11 is 0. The second-order valence-electron chi connectivity index (χ2n) is 8.39. The first-order chi connectivity index (χ1) is 18.5. The number of nitrogens with zero attached hydrogens (tertiary/aromatic N) is 2. The van der Waals surface area contributed by atoms with E-state index in [9.17, 15) is 38.4 Å². The van der Waals surface area contributed by atoms with Crippen molar-refractivity contribution in [2.75, 3.05) is 67.1 Å². The Hall–Kier alpha value is -3.88. The Bertz CT molecular complexity index is 823. The molecule has 0 heterocycles. The number of carbonyl (C=O) groups excluding carboxylic acids is 8. The molecule has 0 aromatic carbocycles. The SMILES string of the molecule is CCCC(=O)NCC(=O)N(CC(=O)NCCC(=O)CN(CC(=O)OC)C(=O)CCC(=O)CNC)CC(=O)OC. The lowest BCUT2D eigenvalue weighted by Gasteiger charge is -2.22. The zero-order chi connectivity index (χ0) is 29.8. The third-order valence-corrected chi connectivity index (χ3v) is 5.13. The first-order valence-corrected chi connectivity index (χ1v) is 12.4. The molecule has 0 saturated carbocycles. The summed E-state index contributed by atoms with van der Waals surface area (Å²) in [6.45, 7) is -0.645. The summed E-state index contributed by atoms with van der Waals surface area (Å²) in [6, 6.07) is 0. The number of amides is 4. The molecule has 0 aliphatic carbocycles. The van der Waals surface area contributed by atoms with Gasteiger partial charge in [-0.15, -0.1) is 0 Å². The van der Waals surface area contributed by atoms with E-state index in [1.54, 1.807) is 14.0 Å². The minimum atomic E-state index is -0.769. The number of methoxy groups -OCH3 is 2. The maximum absolute atomic E-state index is 12.5. The summed E-state index contributed by atoms with van der Waals surface area (Å²) in [7, 11) is 3.84. The molecule has 3 N–H and O–H groups in total. The Morgan fingerprint density at radius 3 is 1.74 bits per heavy atom. The van der Waals surface area contributed by atoms with E-state index in [4.69, 9.17) is 0 Å². The van der Waals surface area contributed by atoms with Crippen LogP contribution in [0.2, 0.25) is 0 Å². The van der Waals surface area contributed by atoms with Gasteiger partial charge in [0.25, 0.3) is 0 Å². The molecule has 0 fully saturated rings. The number of nitrogens with one attached hydrogen (secondary N) is 3. The Morgan fingerprint density at radius 1 is 0.615 bits per heavy atom. The molecular formula is C24H39N5O10. The first kappa shape index (κ1) is 35.1. The summed E-state index contributed by atoms with van der Waals surface area (Å²) < 4.78 is 9.10. The van der Waals surface area contributed by atoms with Gasteiger partial charge in [0.15, 0.2) is 5.78 Å². The highest BCUT2D eigenvalue weighted by Crippen LogP contribution is 2.02. The molecule has 220 valence electrons. The second-order valence-corrected chi connectivity index (χ2v) is 8.39. The van der Waals surface area contributed by atoms with Crippen LogP contribution < -0.4 is 16.0 Å². The molecule has 4 amide bonds. The van der Waals surface area contributed by atoms with E-state index < -0.39 is 68.2 Å². The summed E-state index contributed by atoms with van der Waals surface area (Å²) in [5.41, 5.74) is 0. The van der Waals surface area contributed by atoms with Crippen LogP contribution in [-0.2, 0) is 47.8 Å². The van der Waals surface area contributed by atoms with Crippen molar-refractivity contribution in [3.05, 3.63) is 0 Å². The first-order valence-electron chi connectivity index (χ1n) is 12.4. The summed E-state index contributed by atoms with van der Waals surface area (Å²) in [4.78, 5) is 98.2. The maximum Gasteiger partial charge on any atom is 0.325 e. The third-order valence-electron chi connectivity index (χ3n) is 5.13. The van der Waals surface area contributed by atoms with Gasteiger partial charge in [0.1, 0.15) is 25.4 Å². The number of ketones is 2. The number of carbonyl (C=O) groups is 8. The molecule has 0 spiro atoms. The largest absolute Gasteiger partial charge is 0.468 e. The predicted octanol–water partition coefficient (Wildman–Crippen LogP) is -2.45. The minimum absolute atomic E-state index is 0.0648. The standard InChI is InChI=1S/C24H39N5O10/c1-5-6-19(32)27-12-22(35)29(16-24(37)39-4)14-20(33)26-10-9-18(31)13-28(15-23(36)38-3)21(34)8-7-17(30)11-25-2/h25H,5-16H2,1-4H3,(H,26,33)(H,27,32). The normalized spacial score (nSPS) is 10.2. The van der Waals surface area contributed by atoms with Crippen LogP contribution in [0.1, 0.15) is 39.0 Å². The second kappa shape index (κ2) is 20.1. The minimum Gasteiger partial charge on any atom is -0.468 e. The lowest BCUT2D eigenvalue weighted by molar-refractivity contribution is -0.148. The zero-order valence-corrected chi connectivity index (χ0v) is 23.0. The van der Waals surface area contributed by atoms with E-state index >= 15 is 0 Å². The molecule has 39 heavy (non-hydrogen) atoms. The molecule has 0 aromatic rings. The number of Topliss-reactive ketones (excluding diaryl/α,β-unsaturated/α-hetero) is 2. The average Bonchev–Trinajstić information content (AvgIpc) is 2.89. The van der Waals surface area contributed by atoms with Gasteiger partial charge in [-0.05, 0) is 13.5 Å². The average molecular weight is 558 g/mol. The van der Waals surface area contributed by atoms with Crippen molar-refractivity contribution in [1.29, 1.82) is 0 Å². The van der Waals surface area contributed by atoms with Crippen molar-refractivity contribution in [3.8, 4) is 0 Å². The van der Waals surface area contributed by atoms with Crippen molar-refractivity contribution >= 4 is 47.1 Å². The molecule has 0 unspecified atom stereocenters. The number of hydrogen-bond acceptors (Lipinski definition) is 11. The van der Waals surface area contributed by atoms with Gasteiger partial charge in [-0.1, -0.05) is 6.92 Å². The van der Waals surface area contributed by atoms with Gasteiger partial charge in [-0.3, -0.25) is 38.4 Å². The molecule has 15 nitrogen and oxygen atoms in total. The van der Waals surface area contributed by atoms with Crippen molar-refractivity contribution in [2.24, 2.45) is 0 Å². The molecule has 0 rings (SSSR count). The van der Waals surface area contributed by atoms with Crippen molar-refractivity contribution < 1.29 is 47.8 Å². The van der Waals surface area contributed by atoms with Gasteiger partial charge in [0, 0.05) is 32.2 Å². The van der Waals surface area contributed by atoms with Gasteiger partial charge in [-0.25, -0.2) is 0 Å². The fraction of sp³-hybridized carbons (Fsp3) is 0.667. The zero-order valence-electron chi connectivity index (χ0n) is 23.0. The highest BCUT2D eigenvalue weighted by atomic mass is 16.5. The number of likely N-dealkylation sites (N-methyl/N-ethyl adjacent to an activating group) is 1. The highest BCUT2D eigenvalue weighted by Gasteiger charge is 2.23. The Balaban J connectivity index is 4.91. The quantitative estimate of drug-likeness (QED) is 0.134. The summed E-state index contributed by atoms with van der Waals surface area (Å²) in [5, 5.41) is 7.52. The molecule has 0 aliphatic rings. The van der Waals surface area contributed by atoms with Crippen molar-refractivity contribution in [2.45, 2.75) is 39.0 Å². The summed E-state index contributed by atoms with van der Waals surface area (Å²) in [5.74, 6) is -4.48. The number of ether oxygens (including phenoxy) is 2. The van der Waals surface area contributed by atoms with Crippen LogP contribution in [0.4, 0.5) is 0 Å². The molecule has 0 saturated heterocycles. The van der Waals surface area contributed by atoms with Gasteiger partial charge in [0.2, 0.25) is 23.6 Å². The molecule has 0 radical (unpaired) electrons. The van der Waals surface area contributed by atoms with E-state index in [-0.39, 0.29) is 50.5 Å².